The minimum Gasteiger partial charge on any atom is -0.366 e. The van der Waals surface area contributed by atoms with Crippen molar-refractivity contribution in [3.8, 4) is 11.5 Å². The van der Waals surface area contributed by atoms with Crippen LogP contribution in [0.15, 0.2) is 30.3 Å². The minimum absolute atomic E-state index is 0.253. The summed E-state index contributed by atoms with van der Waals surface area (Å²) in [7, 11) is 0. The molecule has 2 heterocycles. The standard InChI is InChI=1S/C10H9N5/c11-10-13-9(14-15-10)8-5-6-3-1-2-4-7(6)12-8/h1-5,12H,(H3,11,13,14,15). The minimum atomic E-state index is 0.253. The van der Waals surface area contributed by atoms with E-state index in [1.165, 1.54) is 0 Å². The highest BCUT2D eigenvalue weighted by Crippen LogP contribution is 2.21. The topological polar surface area (TPSA) is 83.4 Å². The van der Waals surface area contributed by atoms with Gasteiger partial charge in [-0.3, -0.25) is 5.10 Å². The number of H-pyrrole nitrogens is 2. The fraction of sp³-hybridized carbons (Fsp3) is 0. The number of nitrogens with two attached hydrogens (primary N) is 1. The molecule has 0 radical (unpaired) electrons. The normalized spacial score (nSPS) is 10.9. The fourth-order valence-corrected chi connectivity index (χ4v) is 1.60. The van der Waals surface area contributed by atoms with Gasteiger partial charge in [0.25, 0.3) is 0 Å². The smallest absolute Gasteiger partial charge is 0.239 e. The summed E-state index contributed by atoms with van der Waals surface area (Å²) < 4.78 is 0. The van der Waals surface area contributed by atoms with Crippen LogP contribution in [0.3, 0.4) is 0 Å². The first-order valence-electron chi connectivity index (χ1n) is 4.59. The predicted molar refractivity (Wildman–Crippen MR) is 58.1 cm³/mol. The molecule has 0 saturated carbocycles. The van der Waals surface area contributed by atoms with E-state index in [9.17, 15) is 0 Å². The Morgan fingerprint density at radius 1 is 1.20 bits per heavy atom. The van der Waals surface area contributed by atoms with Crippen molar-refractivity contribution in [3.05, 3.63) is 30.3 Å². The SMILES string of the molecule is Nc1n[nH]c(-c2cc3ccccc3[nH]2)n1. The molecule has 5 nitrogen and oxygen atoms in total. The van der Waals surface area contributed by atoms with Crippen LogP contribution in [-0.2, 0) is 0 Å². The van der Waals surface area contributed by atoms with E-state index in [2.05, 4.69) is 20.2 Å². The molecule has 4 N–H and O–H groups in total. The van der Waals surface area contributed by atoms with Crippen LogP contribution < -0.4 is 5.73 Å². The largest absolute Gasteiger partial charge is 0.366 e. The van der Waals surface area contributed by atoms with Gasteiger partial charge in [0.15, 0.2) is 5.82 Å². The Bertz CT molecular complexity index is 574. The Labute approximate surface area is 85.3 Å². The van der Waals surface area contributed by atoms with Crippen LogP contribution >= 0.6 is 0 Å². The van der Waals surface area contributed by atoms with Crippen molar-refractivity contribution in [2.75, 3.05) is 5.73 Å². The third kappa shape index (κ3) is 1.25. The Kier molecular flexibility index (Phi) is 1.53. The second-order valence-electron chi connectivity index (χ2n) is 3.31. The number of para-hydroxylation sites is 1. The first kappa shape index (κ1) is 8.05. The summed E-state index contributed by atoms with van der Waals surface area (Å²) in [5.74, 6) is 0.910. The fourth-order valence-electron chi connectivity index (χ4n) is 1.60. The quantitative estimate of drug-likeness (QED) is 0.555. The number of nitrogen functional groups attached to an aromatic ring is 1. The van der Waals surface area contributed by atoms with Crippen LogP contribution in [0, 0.1) is 0 Å². The molecular formula is C10H9N5. The number of rotatable bonds is 1. The van der Waals surface area contributed by atoms with Crippen LogP contribution in [0.1, 0.15) is 0 Å². The number of nitrogens with one attached hydrogen (secondary N) is 2. The number of nitrogens with zero attached hydrogens (tertiary/aromatic N) is 2. The van der Waals surface area contributed by atoms with Crippen molar-refractivity contribution >= 4 is 16.9 Å². The van der Waals surface area contributed by atoms with E-state index < -0.39 is 0 Å². The summed E-state index contributed by atoms with van der Waals surface area (Å²) in [6.45, 7) is 0. The van der Waals surface area contributed by atoms with Crippen LogP contribution in [0.4, 0.5) is 5.95 Å². The zero-order valence-corrected chi connectivity index (χ0v) is 7.86. The lowest BCUT2D eigenvalue weighted by atomic mass is 10.2. The number of hydrogen-bond donors (Lipinski definition) is 3. The zero-order valence-electron chi connectivity index (χ0n) is 7.86. The first-order chi connectivity index (χ1) is 7.33. The summed E-state index contributed by atoms with van der Waals surface area (Å²) in [5, 5.41) is 7.69. The van der Waals surface area contributed by atoms with Gasteiger partial charge >= 0.3 is 0 Å². The molecule has 74 valence electrons. The first-order valence-corrected chi connectivity index (χ1v) is 4.59. The number of fused-ring (bicyclic) bond motifs is 1. The van der Waals surface area contributed by atoms with E-state index in [0.717, 1.165) is 16.6 Å². The Morgan fingerprint density at radius 2 is 2.07 bits per heavy atom. The molecule has 3 rings (SSSR count). The molecule has 0 atom stereocenters. The molecule has 0 unspecified atom stereocenters. The molecule has 15 heavy (non-hydrogen) atoms. The van der Waals surface area contributed by atoms with E-state index in [1.807, 2.05) is 30.3 Å². The van der Waals surface area contributed by atoms with E-state index in [1.54, 1.807) is 0 Å². The molecule has 0 aliphatic rings. The van der Waals surface area contributed by atoms with Gasteiger partial charge in [0.2, 0.25) is 5.95 Å². The van der Waals surface area contributed by atoms with Gasteiger partial charge in [0.05, 0.1) is 5.69 Å². The number of aromatic amines is 2. The summed E-state index contributed by atoms with van der Waals surface area (Å²) in [5.41, 5.74) is 7.40. The van der Waals surface area contributed by atoms with E-state index in [4.69, 9.17) is 5.73 Å². The van der Waals surface area contributed by atoms with Gasteiger partial charge in [-0.05, 0) is 12.1 Å². The second-order valence-corrected chi connectivity index (χ2v) is 3.31. The van der Waals surface area contributed by atoms with Gasteiger partial charge in [-0.15, -0.1) is 5.10 Å². The molecule has 0 amide bonds. The maximum Gasteiger partial charge on any atom is 0.239 e. The van der Waals surface area contributed by atoms with Crippen LogP contribution in [-0.4, -0.2) is 20.2 Å². The van der Waals surface area contributed by atoms with Crippen molar-refractivity contribution in [1.82, 2.24) is 20.2 Å². The molecule has 0 aliphatic heterocycles. The van der Waals surface area contributed by atoms with Crippen molar-refractivity contribution in [2.45, 2.75) is 0 Å². The van der Waals surface area contributed by atoms with Crippen LogP contribution in [0.2, 0.25) is 0 Å². The highest BCUT2D eigenvalue weighted by Gasteiger charge is 2.06. The highest BCUT2D eigenvalue weighted by atomic mass is 15.3. The van der Waals surface area contributed by atoms with Gasteiger partial charge in [-0.1, -0.05) is 18.2 Å². The summed E-state index contributed by atoms with van der Waals surface area (Å²) >= 11 is 0. The van der Waals surface area contributed by atoms with Crippen molar-refractivity contribution in [2.24, 2.45) is 0 Å². The summed E-state index contributed by atoms with van der Waals surface area (Å²) in [6, 6.07) is 10.0. The molecular weight excluding hydrogens is 190 g/mol. The Hall–Kier alpha value is -2.30. The molecule has 5 heteroatoms. The molecule has 0 spiro atoms. The van der Waals surface area contributed by atoms with Gasteiger partial charge in [0, 0.05) is 10.9 Å². The molecule has 0 fully saturated rings. The third-order valence-electron chi connectivity index (χ3n) is 2.29. The summed E-state index contributed by atoms with van der Waals surface area (Å²) in [4.78, 5) is 7.29. The number of aromatic nitrogens is 4. The maximum atomic E-state index is 5.44. The molecule has 1 aromatic carbocycles. The van der Waals surface area contributed by atoms with E-state index >= 15 is 0 Å². The van der Waals surface area contributed by atoms with Gasteiger partial charge in [0.1, 0.15) is 0 Å². The van der Waals surface area contributed by atoms with Gasteiger partial charge < -0.3 is 10.7 Å². The predicted octanol–water partition coefficient (Wildman–Crippen LogP) is 1.54. The Balaban J connectivity index is 2.19. The number of hydrogen-bond acceptors (Lipinski definition) is 3. The molecule has 0 aliphatic carbocycles. The average Bonchev–Trinajstić information content (AvgIpc) is 2.82. The highest BCUT2D eigenvalue weighted by molar-refractivity contribution is 5.84. The Morgan fingerprint density at radius 3 is 2.80 bits per heavy atom. The van der Waals surface area contributed by atoms with Gasteiger partial charge in [-0.2, -0.15) is 4.98 Å². The van der Waals surface area contributed by atoms with E-state index in [0.29, 0.717) is 5.82 Å². The van der Waals surface area contributed by atoms with Crippen molar-refractivity contribution in [1.29, 1.82) is 0 Å². The van der Waals surface area contributed by atoms with Crippen LogP contribution in [0.25, 0.3) is 22.4 Å². The van der Waals surface area contributed by atoms with Crippen LogP contribution in [0.5, 0.6) is 0 Å². The molecule has 3 aromatic rings. The van der Waals surface area contributed by atoms with Crippen molar-refractivity contribution in [3.63, 3.8) is 0 Å². The molecule has 0 saturated heterocycles. The van der Waals surface area contributed by atoms with E-state index in [-0.39, 0.29) is 5.95 Å². The lowest BCUT2D eigenvalue weighted by Crippen LogP contribution is -1.85. The molecule has 0 bridgehead atoms. The average molecular weight is 199 g/mol. The number of benzene rings is 1. The second kappa shape index (κ2) is 2.84. The lowest BCUT2D eigenvalue weighted by molar-refractivity contribution is 1.10. The number of anilines is 1. The summed E-state index contributed by atoms with van der Waals surface area (Å²) in [6.07, 6.45) is 0. The monoisotopic (exact) mass is 199 g/mol. The van der Waals surface area contributed by atoms with Gasteiger partial charge in [-0.25, -0.2) is 0 Å². The zero-order chi connectivity index (χ0) is 10.3. The lowest BCUT2D eigenvalue weighted by Gasteiger charge is -1.87. The maximum absolute atomic E-state index is 5.44. The van der Waals surface area contributed by atoms with Crippen molar-refractivity contribution < 1.29 is 0 Å². The molecule has 2 aromatic heterocycles. The third-order valence-corrected chi connectivity index (χ3v) is 2.29.